The van der Waals surface area contributed by atoms with Gasteiger partial charge in [0, 0.05) is 12.2 Å². The fourth-order valence-corrected chi connectivity index (χ4v) is 1.80. The molecule has 2 rings (SSSR count). The van der Waals surface area contributed by atoms with E-state index in [1.807, 2.05) is 24.3 Å². The molecule has 1 N–H and O–H groups in total. The van der Waals surface area contributed by atoms with E-state index in [9.17, 15) is 4.39 Å². The highest BCUT2D eigenvalue weighted by Gasteiger charge is 1.99. The van der Waals surface area contributed by atoms with E-state index in [0.29, 0.717) is 6.42 Å². The van der Waals surface area contributed by atoms with Crippen molar-refractivity contribution in [2.24, 2.45) is 0 Å². The number of rotatable bonds is 4. The molecule has 0 fully saturated rings. The Morgan fingerprint density at radius 2 is 1.88 bits per heavy atom. The van der Waals surface area contributed by atoms with Crippen molar-refractivity contribution in [3.8, 4) is 0 Å². The Balaban J connectivity index is 1.90. The van der Waals surface area contributed by atoms with Gasteiger partial charge in [0.05, 0.1) is 0 Å². The first kappa shape index (κ1) is 11.6. The van der Waals surface area contributed by atoms with Crippen LogP contribution in [0.3, 0.4) is 0 Å². The maximum Gasteiger partial charge on any atom is 0.126 e. The summed E-state index contributed by atoms with van der Waals surface area (Å²) < 4.78 is 13.4. The third-order valence-corrected chi connectivity index (χ3v) is 2.70. The van der Waals surface area contributed by atoms with Crippen LogP contribution in [0.4, 0.5) is 10.1 Å². The lowest BCUT2D eigenvalue weighted by Crippen LogP contribution is -2.06. The van der Waals surface area contributed by atoms with E-state index in [1.54, 1.807) is 6.07 Å². The second-order valence-corrected chi connectivity index (χ2v) is 4.14. The van der Waals surface area contributed by atoms with Crippen molar-refractivity contribution in [1.82, 2.24) is 0 Å². The molecule has 2 heteroatoms. The third-order valence-electron chi connectivity index (χ3n) is 2.70. The molecule has 0 unspecified atom stereocenters. The summed E-state index contributed by atoms with van der Waals surface area (Å²) in [5.41, 5.74) is 3.06. The summed E-state index contributed by atoms with van der Waals surface area (Å²) in [4.78, 5) is 0. The topological polar surface area (TPSA) is 12.0 Å². The molecule has 0 bridgehead atoms. The van der Waals surface area contributed by atoms with Crippen molar-refractivity contribution in [2.45, 2.75) is 13.3 Å². The zero-order chi connectivity index (χ0) is 12.1. The molecule has 0 saturated carbocycles. The smallest absolute Gasteiger partial charge is 0.126 e. The van der Waals surface area contributed by atoms with E-state index in [0.717, 1.165) is 17.8 Å². The van der Waals surface area contributed by atoms with Gasteiger partial charge in [-0.05, 0) is 42.7 Å². The molecule has 0 amide bonds. The minimum Gasteiger partial charge on any atom is -0.385 e. The summed E-state index contributed by atoms with van der Waals surface area (Å²) in [6.07, 6.45) is 0.695. The number of hydrogen-bond acceptors (Lipinski definition) is 1. The van der Waals surface area contributed by atoms with Crippen LogP contribution in [0.25, 0.3) is 0 Å². The Labute approximate surface area is 101 Å². The summed E-state index contributed by atoms with van der Waals surface area (Å²) in [5, 5.41) is 3.29. The first-order chi connectivity index (χ1) is 8.25. The number of hydrogen-bond donors (Lipinski definition) is 1. The van der Waals surface area contributed by atoms with Gasteiger partial charge in [-0.25, -0.2) is 4.39 Å². The van der Waals surface area contributed by atoms with Crippen LogP contribution in [0.5, 0.6) is 0 Å². The highest BCUT2D eigenvalue weighted by atomic mass is 19.1. The van der Waals surface area contributed by atoms with Crippen molar-refractivity contribution in [3.05, 3.63) is 65.5 Å². The molecule has 2 aromatic rings. The van der Waals surface area contributed by atoms with Crippen molar-refractivity contribution < 1.29 is 4.39 Å². The van der Waals surface area contributed by atoms with Crippen LogP contribution in [0.2, 0.25) is 0 Å². The van der Waals surface area contributed by atoms with E-state index in [-0.39, 0.29) is 5.82 Å². The van der Waals surface area contributed by atoms with Crippen molar-refractivity contribution in [2.75, 3.05) is 11.9 Å². The van der Waals surface area contributed by atoms with Gasteiger partial charge in [-0.3, -0.25) is 0 Å². The first-order valence-electron chi connectivity index (χ1n) is 5.79. The predicted molar refractivity (Wildman–Crippen MR) is 69.8 cm³/mol. The van der Waals surface area contributed by atoms with Crippen LogP contribution < -0.4 is 5.32 Å². The standard InChI is InChI=1S/C15H16FN/c1-12-5-4-7-14(11-12)17-10-9-13-6-2-3-8-15(13)16/h2-8,11,17H,9-10H2,1H3. The summed E-state index contributed by atoms with van der Waals surface area (Å²) in [6, 6.07) is 15.1. The van der Waals surface area contributed by atoms with E-state index in [4.69, 9.17) is 0 Å². The first-order valence-corrected chi connectivity index (χ1v) is 5.79. The van der Waals surface area contributed by atoms with Gasteiger partial charge < -0.3 is 5.32 Å². The van der Waals surface area contributed by atoms with E-state index >= 15 is 0 Å². The van der Waals surface area contributed by atoms with Gasteiger partial charge in [0.2, 0.25) is 0 Å². The Morgan fingerprint density at radius 1 is 1.06 bits per heavy atom. The van der Waals surface area contributed by atoms with Gasteiger partial charge in [0.1, 0.15) is 5.82 Å². The number of anilines is 1. The number of halogens is 1. The number of nitrogens with one attached hydrogen (secondary N) is 1. The lowest BCUT2D eigenvalue weighted by molar-refractivity contribution is 0.610. The quantitative estimate of drug-likeness (QED) is 0.841. The Morgan fingerprint density at radius 3 is 2.65 bits per heavy atom. The summed E-state index contributed by atoms with van der Waals surface area (Å²) >= 11 is 0. The maximum atomic E-state index is 13.4. The van der Waals surface area contributed by atoms with E-state index in [2.05, 4.69) is 24.4 Å². The van der Waals surface area contributed by atoms with E-state index < -0.39 is 0 Å². The van der Waals surface area contributed by atoms with Crippen LogP contribution in [0.1, 0.15) is 11.1 Å². The second kappa shape index (κ2) is 5.48. The van der Waals surface area contributed by atoms with Gasteiger partial charge in [0.25, 0.3) is 0 Å². The Hall–Kier alpha value is -1.83. The molecular formula is C15H16FN. The largest absolute Gasteiger partial charge is 0.385 e. The monoisotopic (exact) mass is 229 g/mol. The van der Waals surface area contributed by atoms with E-state index in [1.165, 1.54) is 11.6 Å². The zero-order valence-corrected chi connectivity index (χ0v) is 9.91. The van der Waals surface area contributed by atoms with Gasteiger partial charge >= 0.3 is 0 Å². The molecule has 0 spiro atoms. The highest BCUT2D eigenvalue weighted by Crippen LogP contribution is 2.11. The van der Waals surface area contributed by atoms with Gasteiger partial charge in [-0.2, -0.15) is 0 Å². The molecule has 0 atom stereocenters. The molecule has 0 radical (unpaired) electrons. The molecule has 0 aliphatic heterocycles. The van der Waals surface area contributed by atoms with Gasteiger partial charge in [-0.15, -0.1) is 0 Å². The van der Waals surface area contributed by atoms with Crippen LogP contribution in [0.15, 0.2) is 48.5 Å². The third kappa shape index (κ3) is 3.31. The summed E-state index contributed by atoms with van der Waals surface area (Å²) in [5.74, 6) is -0.126. The fourth-order valence-electron chi connectivity index (χ4n) is 1.80. The van der Waals surface area contributed by atoms with Crippen LogP contribution in [-0.4, -0.2) is 6.54 Å². The molecule has 0 heterocycles. The van der Waals surface area contributed by atoms with Gasteiger partial charge in [-0.1, -0.05) is 30.3 Å². The minimum absolute atomic E-state index is 0.126. The van der Waals surface area contributed by atoms with Gasteiger partial charge in [0.15, 0.2) is 0 Å². The summed E-state index contributed by atoms with van der Waals surface area (Å²) in [7, 11) is 0. The summed E-state index contributed by atoms with van der Waals surface area (Å²) in [6.45, 7) is 2.80. The fraction of sp³-hybridized carbons (Fsp3) is 0.200. The lowest BCUT2D eigenvalue weighted by Gasteiger charge is -2.07. The van der Waals surface area contributed by atoms with Crippen molar-refractivity contribution in [3.63, 3.8) is 0 Å². The molecule has 17 heavy (non-hydrogen) atoms. The molecular weight excluding hydrogens is 213 g/mol. The predicted octanol–water partition coefficient (Wildman–Crippen LogP) is 3.79. The molecule has 88 valence electrons. The highest BCUT2D eigenvalue weighted by molar-refractivity contribution is 5.45. The molecule has 0 aromatic heterocycles. The minimum atomic E-state index is -0.126. The van der Waals surface area contributed by atoms with Crippen LogP contribution in [0, 0.1) is 12.7 Å². The van der Waals surface area contributed by atoms with Crippen LogP contribution >= 0.6 is 0 Å². The molecule has 0 aliphatic carbocycles. The normalized spacial score (nSPS) is 10.2. The maximum absolute atomic E-state index is 13.4. The SMILES string of the molecule is Cc1cccc(NCCc2ccccc2F)c1. The molecule has 0 aliphatic rings. The average Bonchev–Trinajstić information content (AvgIpc) is 2.32. The Bertz CT molecular complexity index is 494. The second-order valence-electron chi connectivity index (χ2n) is 4.14. The molecule has 2 aromatic carbocycles. The average molecular weight is 229 g/mol. The number of benzene rings is 2. The molecule has 1 nitrogen and oxygen atoms in total. The van der Waals surface area contributed by atoms with Crippen molar-refractivity contribution >= 4 is 5.69 Å². The number of aryl methyl sites for hydroxylation is 1. The van der Waals surface area contributed by atoms with Crippen LogP contribution in [-0.2, 0) is 6.42 Å². The Kier molecular flexibility index (Phi) is 3.76. The lowest BCUT2D eigenvalue weighted by atomic mass is 10.1. The van der Waals surface area contributed by atoms with Crippen molar-refractivity contribution in [1.29, 1.82) is 0 Å². The molecule has 0 saturated heterocycles. The zero-order valence-electron chi connectivity index (χ0n) is 9.91.